The van der Waals surface area contributed by atoms with Gasteiger partial charge in [0.1, 0.15) is 0 Å². The second-order valence-electron chi connectivity index (χ2n) is 4.96. The third kappa shape index (κ3) is 3.64. The van der Waals surface area contributed by atoms with E-state index in [-0.39, 0.29) is 11.7 Å². The molecule has 3 N–H and O–H groups in total. The first kappa shape index (κ1) is 14.6. The largest absolute Gasteiger partial charge is 0.416 e. The Morgan fingerprint density at radius 1 is 1.27 bits per heavy atom. The second kappa shape index (κ2) is 6.18. The molecule has 0 unspecified atom stereocenters. The third-order valence-electron chi connectivity index (χ3n) is 3.13. The summed E-state index contributed by atoms with van der Waals surface area (Å²) >= 11 is 1.20. The number of nitrogens with two attached hydrogens (primary N) is 1. The number of thioether (sulfide) groups is 1. The molecular weight excluding hydrogens is 304 g/mol. The zero-order chi connectivity index (χ0) is 15.5. The van der Waals surface area contributed by atoms with Crippen molar-refractivity contribution in [2.45, 2.75) is 24.0 Å². The van der Waals surface area contributed by atoms with Gasteiger partial charge in [0.25, 0.3) is 5.22 Å². The number of carbonyl (C=O) groups excluding carboxylic acids is 2. The number of rotatable bonds is 6. The average molecular weight is 318 g/mol. The van der Waals surface area contributed by atoms with Crippen LogP contribution in [0.25, 0.3) is 0 Å². The van der Waals surface area contributed by atoms with Gasteiger partial charge >= 0.3 is 0 Å². The lowest BCUT2D eigenvalue weighted by Crippen LogP contribution is -2.15. The van der Waals surface area contributed by atoms with Crippen molar-refractivity contribution in [2.75, 3.05) is 11.1 Å². The van der Waals surface area contributed by atoms with Crippen molar-refractivity contribution < 1.29 is 14.0 Å². The minimum Gasteiger partial charge on any atom is -0.416 e. The van der Waals surface area contributed by atoms with Gasteiger partial charge in [0.15, 0.2) is 0 Å². The molecule has 3 rings (SSSR count). The topological polar surface area (TPSA) is 111 Å². The van der Waals surface area contributed by atoms with Crippen LogP contribution in [0.2, 0.25) is 0 Å². The Bertz CT molecular complexity index is 694. The second-order valence-corrected chi connectivity index (χ2v) is 5.89. The number of benzene rings is 1. The average Bonchev–Trinajstić information content (AvgIpc) is 3.25. The molecule has 8 heteroatoms. The lowest BCUT2D eigenvalue weighted by Gasteiger charge is -2.04. The number of primary amides is 1. The lowest BCUT2D eigenvalue weighted by molar-refractivity contribution is -0.113. The van der Waals surface area contributed by atoms with Crippen LogP contribution in [0.5, 0.6) is 0 Å². The Morgan fingerprint density at radius 3 is 2.64 bits per heavy atom. The van der Waals surface area contributed by atoms with Gasteiger partial charge in [-0.05, 0) is 37.1 Å². The highest BCUT2D eigenvalue weighted by molar-refractivity contribution is 7.99. The molecule has 114 valence electrons. The molecule has 1 saturated carbocycles. The fourth-order valence-electron chi connectivity index (χ4n) is 1.82. The van der Waals surface area contributed by atoms with Crippen molar-refractivity contribution in [3.05, 3.63) is 35.7 Å². The van der Waals surface area contributed by atoms with Crippen LogP contribution in [0.15, 0.2) is 33.9 Å². The zero-order valence-electron chi connectivity index (χ0n) is 11.6. The molecule has 0 bridgehead atoms. The van der Waals surface area contributed by atoms with Gasteiger partial charge in [-0.2, -0.15) is 0 Å². The number of hydrogen-bond acceptors (Lipinski definition) is 6. The maximum Gasteiger partial charge on any atom is 0.277 e. The van der Waals surface area contributed by atoms with Gasteiger partial charge in [-0.25, -0.2) is 0 Å². The lowest BCUT2D eigenvalue weighted by atomic mass is 10.2. The van der Waals surface area contributed by atoms with Gasteiger partial charge in [-0.15, -0.1) is 10.2 Å². The summed E-state index contributed by atoms with van der Waals surface area (Å²) in [6.45, 7) is 0. The molecule has 1 fully saturated rings. The molecule has 7 nitrogen and oxygen atoms in total. The zero-order valence-corrected chi connectivity index (χ0v) is 12.4. The quantitative estimate of drug-likeness (QED) is 0.785. The first-order valence-electron chi connectivity index (χ1n) is 6.78. The van der Waals surface area contributed by atoms with E-state index in [1.807, 2.05) is 0 Å². The van der Waals surface area contributed by atoms with Gasteiger partial charge in [0.05, 0.1) is 5.75 Å². The highest BCUT2D eigenvalue weighted by Gasteiger charge is 2.29. The molecule has 0 radical (unpaired) electrons. The molecule has 0 saturated heterocycles. The summed E-state index contributed by atoms with van der Waals surface area (Å²) < 4.78 is 5.46. The number of nitrogens with zero attached hydrogens (tertiary/aromatic N) is 2. The van der Waals surface area contributed by atoms with Crippen LogP contribution in [-0.4, -0.2) is 27.8 Å². The summed E-state index contributed by atoms with van der Waals surface area (Å²) in [5, 5.41) is 11.0. The van der Waals surface area contributed by atoms with Crippen molar-refractivity contribution in [2.24, 2.45) is 5.73 Å². The van der Waals surface area contributed by atoms with Crippen molar-refractivity contribution in [1.82, 2.24) is 10.2 Å². The van der Waals surface area contributed by atoms with Gasteiger partial charge in [0, 0.05) is 17.2 Å². The first-order chi connectivity index (χ1) is 10.6. The molecule has 0 atom stereocenters. The minimum atomic E-state index is -0.503. The van der Waals surface area contributed by atoms with Crippen LogP contribution >= 0.6 is 11.8 Å². The molecule has 1 aromatic carbocycles. The highest BCUT2D eigenvalue weighted by atomic mass is 32.2. The third-order valence-corrected chi connectivity index (χ3v) is 3.95. The van der Waals surface area contributed by atoms with Crippen LogP contribution in [0.4, 0.5) is 5.69 Å². The van der Waals surface area contributed by atoms with Crippen LogP contribution in [0.1, 0.15) is 35.0 Å². The van der Waals surface area contributed by atoms with Crippen LogP contribution in [-0.2, 0) is 4.79 Å². The van der Waals surface area contributed by atoms with E-state index in [1.54, 1.807) is 24.3 Å². The predicted molar refractivity (Wildman–Crippen MR) is 80.6 cm³/mol. The summed E-state index contributed by atoms with van der Waals surface area (Å²) in [7, 11) is 0. The van der Waals surface area contributed by atoms with Crippen molar-refractivity contribution in [3.63, 3.8) is 0 Å². The van der Waals surface area contributed by atoms with Crippen molar-refractivity contribution in [3.8, 4) is 0 Å². The predicted octanol–water partition coefficient (Wildman–Crippen LogP) is 1.78. The molecule has 2 amide bonds. The van der Waals surface area contributed by atoms with Gasteiger partial charge < -0.3 is 15.5 Å². The van der Waals surface area contributed by atoms with Gasteiger partial charge in [-0.1, -0.05) is 11.8 Å². The number of anilines is 1. The van der Waals surface area contributed by atoms with E-state index >= 15 is 0 Å². The molecule has 1 aliphatic carbocycles. The fraction of sp³-hybridized carbons (Fsp3) is 0.286. The number of carbonyl (C=O) groups is 2. The first-order valence-corrected chi connectivity index (χ1v) is 7.76. The van der Waals surface area contributed by atoms with Crippen molar-refractivity contribution in [1.29, 1.82) is 0 Å². The van der Waals surface area contributed by atoms with Crippen LogP contribution in [0, 0.1) is 0 Å². The normalized spacial score (nSPS) is 13.8. The van der Waals surface area contributed by atoms with E-state index in [2.05, 4.69) is 15.5 Å². The minimum absolute atomic E-state index is 0.171. The molecule has 1 heterocycles. The summed E-state index contributed by atoms with van der Waals surface area (Å²) in [5.74, 6) is 0.535. The molecule has 0 spiro atoms. The molecule has 1 aromatic heterocycles. The van der Waals surface area contributed by atoms with Crippen molar-refractivity contribution >= 4 is 29.3 Å². The van der Waals surface area contributed by atoms with E-state index in [0.717, 1.165) is 12.8 Å². The Kier molecular flexibility index (Phi) is 4.10. The fourth-order valence-corrected chi connectivity index (χ4v) is 2.39. The Balaban J connectivity index is 1.49. The van der Waals surface area contributed by atoms with E-state index in [4.69, 9.17) is 10.2 Å². The maximum absolute atomic E-state index is 11.8. The van der Waals surface area contributed by atoms with Gasteiger partial charge in [0.2, 0.25) is 17.7 Å². The van der Waals surface area contributed by atoms with E-state index in [9.17, 15) is 9.59 Å². The van der Waals surface area contributed by atoms with Crippen LogP contribution < -0.4 is 11.1 Å². The monoisotopic (exact) mass is 318 g/mol. The van der Waals surface area contributed by atoms with E-state index < -0.39 is 5.91 Å². The summed E-state index contributed by atoms with van der Waals surface area (Å²) in [5.41, 5.74) is 6.14. The van der Waals surface area contributed by atoms with Crippen LogP contribution in [0.3, 0.4) is 0 Å². The molecule has 0 aliphatic heterocycles. The molecule has 2 aromatic rings. The number of hydrogen-bond donors (Lipinski definition) is 2. The molecule has 22 heavy (non-hydrogen) atoms. The van der Waals surface area contributed by atoms with Gasteiger partial charge in [-0.3, -0.25) is 9.59 Å². The SMILES string of the molecule is NC(=O)c1ccc(NC(=O)CSc2nnc(C3CC3)o2)cc1. The number of aromatic nitrogens is 2. The molecule has 1 aliphatic rings. The Labute approximate surface area is 130 Å². The maximum atomic E-state index is 11.8. The molecular formula is C14H14N4O3S. The summed E-state index contributed by atoms with van der Waals surface area (Å²) in [4.78, 5) is 22.8. The van der Waals surface area contributed by atoms with E-state index in [1.165, 1.54) is 11.8 Å². The Morgan fingerprint density at radius 2 is 2.00 bits per heavy atom. The summed E-state index contributed by atoms with van der Waals surface area (Å²) in [6, 6.07) is 6.37. The van der Waals surface area contributed by atoms with E-state index in [0.29, 0.717) is 28.3 Å². The highest BCUT2D eigenvalue weighted by Crippen LogP contribution is 2.39. The number of nitrogens with one attached hydrogen (secondary N) is 1. The smallest absolute Gasteiger partial charge is 0.277 e. The standard InChI is InChI=1S/C14H14N4O3S/c15-12(20)8-3-5-10(6-4-8)16-11(19)7-22-14-18-17-13(21-14)9-1-2-9/h3-6,9H,1-2,7H2,(H2,15,20)(H,16,19). The summed E-state index contributed by atoms with van der Waals surface area (Å²) in [6.07, 6.45) is 2.18. The number of amides is 2. The Hall–Kier alpha value is -2.35.